The summed E-state index contributed by atoms with van der Waals surface area (Å²) in [6, 6.07) is 0. The van der Waals surface area contributed by atoms with Crippen LogP contribution in [0.1, 0.15) is 52.4 Å². The van der Waals surface area contributed by atoms with Gasteiger partial charge in [0.05, 0.1) is 6.10 Å². The molecule has 4 rings (SSSR count). The molecular formula is C21H29ClO5. The molecule has 150 valence electrons. The van der Waals surface area contributed by atoms with Gasteiger partial charge in [-0.15, -0.1) is 11.6 Å². The minimum atomic E-state index is -1.78. The number of hydrogen-bond donors (Lipinski definition) is 3. The molecule has 0 aromatic carbocycles. The van der Waals surface area contributed by atoms with Crippen molar-refractivity contribution in [2.45, 2.75) is 64.1 Å². The fourth-order valence-corrected chi connectivity index (χ4v) is 7.88. The molecule has 3 fully saturated rings. The quantitative estimate of drug-likeness (QED) is 0.624. The number of aliphatic hydroxyl groups is 2. The van der Waals surface area contributed by atoms with Crippen molar-refractivity contribution in [1.29, 1.82) is 0 Å². The summed E-state index contributed by atoms with van der Waals surface area (Å²) in [5.74, 6) is -0.573. The van der Waals surface area contributed by atoms with E-state index in [1.165, 1.54) is 0 Å². The molecule has 0 amide bonds. The minimum Gasteiger partial charge on any atom is -0.479 e. The average Bonchev–Trinajstić information content (AvgIpc) is 2.86. The number of hydrogen-bond acceptors (Lipinski definition) is 4. The van der Waals surface area contributed by atoms with E-state index in [1.807, 2.05) is 6.92 Å². The van der Waals surface area contributed by atoms with Crippen molar-refractivity contribution in [2.24, 2.45) is 34.5 Å². The molecule has 0 aromatic rings. The Hall–Kier alpha value is -0.910. The highest BCUT2D eigenvalue weighted by molar-refractivity contribution is 6.18. The number of aliphatic hydroxyl groups excluding tert-OH is 1. The fourth-order valence-electron chi connectivity index (χ4n) is 7.45. The maximum absolute atomic E-state index is 12.2. The van der Waals surface area contributed by atoms with Gasteiger partial charge in [0.25, 0.3) is 0 Å². The molecule has 0 bridgehead atoms. The van der Waals surface area contributed by atoms with Gasteiger partial charge in [0, 0.05) is 17.7 Å². The van der Waals surface area contributed by atoms with Gasteiger partial charge in [0.15, 0.2) is 11.4 Å². The first-order valence-electron chi connectivity index (χ1n) is 10.0. The molecule has 27 heavy (non-hydrogen) atoms. The Morgan fingerprint density at radius 3 is 2.67 bits per heavy atom. The van der Waals surface area contributed by atoms with Crippen LogP contribution in [0.2, 0.25) is 0 Å². The lowest BCUT2D eigenvalue weighted by molar-refractivity contribution is -0.197. The van der Waals surface area contributed by atoms with E-state index < -0.39 is 23.1 Å². The summed E-state index contributed by atoms with van der Waals surface area (Å²) in [5.41, 5.74) is -1.87. The number of alkyl halides is 1. The van der Waals surface area contributed by atoms with Crippen molar-refractivity contribution in [3.8, 4) is 0 Å². The molecular weight excluding hydrogens is 368 g/mol. The number of carbonyl (C=O) groups excluding carboxylic acids is 1. The molecule has 4 aliphatic carbocycles. The van der Waals surface area contributed by atoms with Crippen molar-refractivity contribution < 1.29 is 24.9 Å². The number of carbonyl (C=O) groups is 2. The lowest BCUT2D eigenvalue weighted by Gasteiger charge is -2.61. The van der Waals surface area contributed by atoms with Crippen molar-refractivity contribution in [2.75, 3.05) is 5.88 Å². The Balaban J connectivity index is 1.78. The largest absolute Gasteiger partial charge is 0.479 e. The summed E-state index contributed by atoms with van der Waals surface area (Å²) in [6.07, 6.45) is 4.22. The molecule has 0 saturated heterocycles. The standard InChI is InChI=1S/C21H29ClO5/c1-19-9-16(24)17-14(15(19)5-6-21(19,27)18(25)26)4-3-11-7-13(23)8-12(10-22)20(11,17)2/h7,12,14-17,24,27H,3-6,8-10H2,1-2H3,(H,25,26)/t12?,14?,15?,16-,17?,19?,20?,21-/m0/s1. The zero-order valence-electron chi connectivity index (χ0n) is 15.9. The summed E-state index contributed by atoms with van der Waals surface area (Å²) < 4.78 is 0. The van der Waals surface area contributed by atoms with Crippen LogP contribution < -0.4 is 0 Å². The van der Waals surface area contributed by atoms with Crippen LogP contribution in [0.15, 0.2) is 11.6 Å². The number of aliphatic carboxylic acids is 1. The van der Waals surface area contributed by atoms with Crippen molar-refractivity contribution in [1.82, 2.24) is 0 Å². The molecule has 0 heterocycles. The highest BCUT2D eigenvalue weighted by Crippen LogP contribution is 2.68. The molecule has 0 aliphatic heterocycles. The van der Waals surface area contributed by atoms with Crippen molar-refractivity contribution in [3.63, 3.8) is 0 Å². The number of halogens is 1. The van der Waals surface area contributed by atoms with Crippen LogP contribution in [0.25, 0.3) is 0 Å². The number of ketones is 1. The maximum Gasteiger partial charge on any atom is 0.336 e. The summed E-state index contributed by atoms with van der Waals surface area (Å²) >= 11 is 6.28. The van der Waals surface area contributed by atoms with E-state index in [0.717, 1.165) is 18.4 Å². The van der Waals surface area contributed by atoms with E-state index in [4.69, 9.17) is 11.6 Å². The number of allylic oxidation sites excluding steroid dienone is 1. The van der Waals surface area contributed by atoms with Gasteiger partial charge in [-0.2, -0.15) is 0 Å². The summed E-state index contributed by atoms with van der Waals surface area (Å²) in [6.45, 7) is 3.98. The highest BCUT2D eigenvalue weighted by Gasteiger charge is 2.69. The molecule has 0 radical (unpaired) electrons. The third-order valence-electron chi connectivity index (χ3n) is 8.91. The first-order chi connectivity index (χ1) is 12.6. The zero-order valence-corrected chi connectivity index (χ0v) is 16.7. The second kappa shape index (κ2) is 6.04. The molecule has 3 saturated carbocycles. The van der Waals surface area contributed by atoms with Gasteiger partial charge < -0.3 is 15.3 Å². The van der Waals surface area contributed by atoms with Crippen molar-refractivity contribution >= 4 is 23.4 Å². The molecule has 6 unspecified atom stereocenters. The first-order valence-corrected chi connectivity index (χ1v) is 10.6. The van der Waals surface area contributed by atoms with E-state index in [1.54, 1.807) is 6.08 Å². The van der Waals surface area contributed by atoms with E-state index >= 15 is 0 Å². The van der Waals surface area contributed by atoms with Gasteiger partial charge in [0.1, 0.15) is 0 Å². The van der Waals surface area contributed by atoms with Gasteiger partial charge in [0.2, 0.25) is 0 Å². The molecule has 5 nitrogen and oxygen atoms in total. The van der Waals surface area contributed by atoms with Gasteiger partial charge in [-0.05, 0) is 67.3 Å². The third kappa shape index (κ3) is 2.31. The smallest absolute Gasteiger partial charge is 0.336 e. The predicted octanol–water partition coefficient (Wildman–Crippen LogP) is 2.77. The zero-order chi connectivity index (χ0) is 19.8. The average molecular weight is 397 g/mol. The van der Waals surface area contributed by atoms with Gasteiger partial charge in [-0.3, -0.25) is 4.79 Å². The van der Waals surface area contributed by atoms with Crippen LogP contribution in [0.4, 0.5) is 0 Å². The first kappa shape index (κ1) is 19.4. The van der Waals surface area contributed by atoms with E-state index in [0.29, 0.717) is 18.7 Å². The number of rotatable bonds is 2. The maximum atomic E-state index is 12.2. The molecule has 0 aromatic heterocycles. The lowest BCUT2D eigenvalue weighted by atomic mass is 9.44. The summed E-state index contributed by atoms with van der Waals surface area (Å²) in [5, 5.41) is 31.9. The van der Waals surface area contributed by atoms with Crippen LogP contribution in [-0.4, -0.2) is 44.7 Å². The van der Waals surface area contributed by atoms with Crippen LogP contribution in [0, 0.1) is 34.5 Å². The molecule has 4 aliphatic rings. The second-order valence-corrected chi connectivity index (χ2v) is 10.0. The monoisotopic (exact) mass is 396 g/mol. The van der Waals surface area contributed by atoms with E-state index in [9.17, 15) is 24.9 Å². The molecule has 8 atom stereocenters. The normalized spacial score (nSPS) is 51.8. The van der Waals surface area contributed by atoms with E-state index in [2.05, 4.69) is 6.92 Å². The summed E-state index contributed by atoms with van der Waals surface area (Å²) in [4.78, 5) is 24.0. The Morgan fingerprint density at radius 1 is 1.33 bits per heavy atom. The predicted molar refractivity (Wildman–Crippen MR) is 100 cm³/mol. The highest BCUT2D eigenvalue weighted by atomic mass is 35.5. The molecule has 3 N–H and O–H groups in total. The minimum absolute atomic E-state index is 0.0155. The number of fused-ring (bicyclic) bond motifs is 5. The fraction of sp³-hybridized carbons (Fsp3) is 0.810. The molecule has 0 spiro atoms. The van der Waals surface area contributed by atoms with Gasteiger partial charge >= 0.3 is 5.97 Å². The molecule has 6 heteroatoms. The van der Waals surface area contributed by atoms with Gasteiger partial charge in [-0.25, -0.2) is 4.79 Å². The summed E-state index contributed by atoms with van der Waals surface area (Å²) in [7, 11) is 0. The van der Waals surface area contributed by atoms with E-state index in [-0.39, 0.29) is 47.7 Å². The number of carboxylic acid groups (broad SMARTS) is 1. The SMILES string of the molecule is CC12C(=CC(=O)CC1CCl)CCC1C2[C@@H](O)CC2(C)C1CC[C@]2(O)C(=O)O. The van der Waals surface area contributed by atoms with Crippen LogP contribution in [0.3, 0.4) is 0 Å². The Morgan fingerprint density at radius 2 is 2.04 bits per heavy atom. The Labute approximate surface area is 164 Å². The second-order valence-electron chi connectivity index (χ2n) is 9.70. The third-order valence-corrected chi connectivity index (χ3v) is 9.28. The van der Waals surface area contributed by atoms with Crippen molar-refractivity contribution in [3.05, 3.63) is 11.6 Å². The Kier molecular flexibility index (Phi) is 4.34. The lowest BCUT2D eigenvalue weighted by Crippen LogP contribution is -2.63. The number of carboxylic acids is 1. The van der Waals surface area contributed by atoms with Crippen LogP contribution >= 0.6 is 11.6 Å². The van der Waals surface area contributed by atoms with Crippen LogP contribution in [0.5, 0.6) is 0 Å². The van der Waals surface area contributed by atoms with Crippen LogP contribution in [-0.2, 0) is 9.59 Å². The Bertz CT molecular complexity index is 719. The topological polar surface area (TPSA) is 94.8 Å². The van der Waals surface area contributed by atoms with Gasteiger partial charge in [-0.1, -0.05) is 19.4 Å².